The number of carbonyl (C=O) groups excluding carboxylic acids is 1. The van der Waals surface area contributed by atoms with Gasteiger partial charge in [0.25, 0.3) is 5.91 Å². The van der Waals surface area contributed by atoms with Crippen molar-refractivity contribution in [1.82, 2.24) is 19.4 Å². The Morgan fingerprint density at radius 3 is 2.56 bits per heavy atom. The number of benzene rings is 2. The van der Waals surface area contributed by atoms with Gasteiger partial charge in [0, 0.05) is 37.8 Å². The Labute approximate surface area is 245 Å². The number of amides is 1. The molecule has 1 N–H and O–H groups in total. The molecule has 0 saturated carbocycles. The minimum atomic E-state index is -0.968. The number of furan rings is 1. The highest BCUT2D eigenvalue weighted by atomic mass is 35.5. The third kappa shape index (κ3) is 6.06. The lowest BCUT2D eigenvalue weighted by atomic mass is 10.1. The van der Waals surface area contributed by atoms with Crippen LogP contribution in [0.1, 0.15) is 38.9 Å². The number of ether oxygens (including phenoxy) is 2. The number of imidazole rings is 1. The second kappa shape index (κ2) is 11.7. The van der Waals surface area contributed by atoms with Gasteiger partial charge in [-0.25, -0.2) is 9.78 Å². The molecule has 0 aliphatic carbocycles. The number of carbonyl (C=O) groups is 2. The SMILES string of the molecule is O=C(O)c1ccc2nc(CN3CCN(C(=O)c4ccc(COc5ccc(Cl)cc5Cl)o4)CC3)n(C[C@@H]3CCO3)c2c1. The molecule has 4 aromatic rings. The van der Waals surface area contributed by atoms with E-state index in [4.69, 9.17) is 42.1 Å². The van der Waals surface area contributed by atoms with Gasteiger partial charge in [-0.05, 0) is 55.0 Å². The summed E-state index contributed by atoms with van der Waals surface area (Å²) in [5.41, 5.74) is 1.78. The fraction of sp³-hybridized carbons (Fsp3) is 0.345. The Hall–Kier alpha value is -3.57. The third-order valence-electron chi connectivity index (χ3n) is 7.41. The lowest BCUT2D eigenvalue weighted by molar-refractivity contribution is -0.0592. The first-order valence-electron chi connectivity index (χ1n) is 13.4. The fourth-order valence-corrected chi connectivity index (χ4v) is 5.50. The van der Waals surface area contributed by atoms with E-state index in [1.54, 1.807) is 53.4 Å². The maximum atomic E-state index is 13.1. The van der Waals surface area contributed by atoms with Crippen molar-refractivity contribution < 1.29 is 28.6 Å². The molecule has 6 rings (SSSR count). The first kappa shape index (κ1) is 27.6. The Morgan fingerprint density at radius 1 is 1.05 bits per heavy atom. The van der Waals surface area contributed by atoms with E-state index in [1.165, 1.54) is 0 Å². The maximum absolute atomic E-state index is 13.1. The van der Waals surface area contributed by atoms with Crippen LogP contribution in [0.15, 0.2) is 52.9 Å². The van der Waals surface area contributed by atoms with Crippen LogP contribution in [0.2, 0.25) is 10.0 Å². The second-order valence-electron chi connectivity index (χ2n) is 10.1. The Kier molecular flexibility index (Phi) is 7.90. The molecule has 2 saturated heterocycles. The summed E-state index contributed by atoms with van der Waals surface area (Å²) in [4.78, 5) is 33.5. The quantitative estimate of drug-likeness (QED) is 0.288. The van der Waals surface area contributed by atoms with Gasteiger partial charge < -0.3 is 28.5 Å². The van der Waals surface area contributed by atoms with Crippen LogP contribution in [-0.2, 0) is 24.4 Å². The number of aromatic carboxylic acids is 1. The fourth-order valence-electron chi connectivity index (χ4n) is 5.04. The molecule has 0 unspecified atom stereocenters. The molecule has 1 atom stereocenters. The minimum absolute atomic E-state index is 0.0980. The molecule has 0 spiro atoms. The van der Waals surface area contributed by atoms with E-state index < -0.39 is 5.97 Å². The van der Waals surface area contributed by atoms with Crippen LogP contribution in [0, 0.1) is 0 Å². The summed E-state index contributed by atoms with van der Waals surface area (Å²) in [5, 5.41) is 10.4. The van der Waals surface area contributed by atoms with Crippen molar-refractivity contribution >= 4 is 46.1 Å². The van der Waals surface area contributed by atoms with Crippen molar-refractivity contribution in [2.24, 2.45) is 0 Å². The Balaban J connectivity index is 1.07. The van der Waals surface area contributed by atoms with Gasteiger partial charge in [-0.2, -0.15) is 0 Å². The monoisotopic (exact) mass is 598 g/mol. The molecule has 2 aromatic carbocycles. The molecule has 2 aliphatic heterocycles. The van der Waals surface area contributed by atoms with E-state index >= 15 is 0 Å². The molecule has 214 valence electrons. The number of rotatable bonds is 9. The molecular weight excluding hydrogens is 571 g/mol. The first-order valence-corrected chi connectivity index (χ1v) is 14.1. The molecule has 2 fully saturated rings. The van der Waals surface area contributed by atoms with E-state index in [1.807, 2.05) is 0 Å². The molecule has 1 amide bonds. The zero-order chi connectivity index (χ0) is 28.5. The molecular formula is C29H28Cl2N4O6. The van der Waals surface area contributed by atoms with E-state index in [0.29, 0.717) is 60.8 Å². The van der Waals surface area contributed by atoms with Crippen molar-refractivity contribution in [1.29, 1.82) is 0 Å². The highest BCUT2D eigenvalue weighted by Gasteiger charge is 2.27. The number of hydrogen-bond donors (Lipinski definition) is 1. The smallest absolute Gasteiger partial charge is 0.335 e. The van der Waals surface area contributed by atoms with Gasteiger partial charge in [-0.15, -0.1) is 0 Å². The van der Waals surface area contributed by atoms with Crippen LogP contribution in [0.4, 0.5) is 0 Å². The standard InChI is InChI=1S/C29H28Cl2N4O6/c30-19-2-5-25(22(31)14-19)40-17-21-3-6-26(41-21)28(36)34-10-8-33(9-11-34)16-27-32-23-4-1-18(29(37)38)13-24(23)35(27)15-20-7-12-39-20/h1-6,13-14,20H,7-12,15-17H2,(H,37,38)/t20-/m0/s1. The molecule has 4 heterocycles. The molecule has 2 aromatic heterocycles. The maximum Gasteiger partial charge on any atom is 0.335 e. The number of piperazine rings is 1. The summed E-state index contributed by atoms with van der Waals surface area (Å²) < 4.78 is 19.2. The summed E-state index contributed by atoms with van der Waals surface area (Å²) in [6, 6.07) is 13.4. The predicted octanol–water partition coefficient (Wildman–Crippen LogP) is 4.96. The third-order valence-corrected chi connectivity index (χ3v) is 7.95. The average Bonchev–Trinajstić information content (AvgIpc) is 3.54. The van der Waals surface area contributed by atoms with Crippen LogP contribution >= 0.6 is 23.2 Å². The van der Waals surface area contributed by atoms with Gasteiger partial charge >= 0.3 is 5.97 Å². The summed E-state index contributed by atoms with van der Waals surface area (Å²) >= 11 is 12.1. The van der Waals surface area contributed by atoms with Crippen molar-refractivity contribution in [2.45, 2.75) is 32.2 Å². The summed E-state index contributed by atoms with van der Waals surface area (Å²) in [6.07, 6.45) is 1.06. The molecule has 41 heavy (non-hydrogen) atoms. The topological polar surface area (TPSA) is 110 Å². The minimum Gasteiger partial charge on any atom is -0.484 e. The molecule has 10 nitrogen and oxygen atoms in total. The Morgan fingerprint density at radius 2 is 1.85 bits per heavy atom. The predicted molar refractivity (Wildman–Crippen MR) is 152 cm³/mol. The van der Waals surface area contributed by atoms with Crippen LogP contribution in [0.5, 0.6) is 5.75 Å². The number of halogens is 2. The van der Waals surface area contributed by atoms with Gasteiger partial charge in [0.05, 0.1) is 40.8 Å². The van der Waals surface area contributed by atoms with Gasteiger partial charge in [0.2, 0.25) is 0 Å². The van der Waals surface area contributed by atoms with E-state index in [9.17, 15) is 14.7 Å². The van der Waals surface area contributed by atoms with Crippen LogP contribution in [-0.4, -0.2) is 75.2 Å². The molecule has 0 radical (unpaired) electrons. The Bertz CT molecular complexity index is 1590. The number of carboxylic acid groups (broad SMARTS) is 1. The zero-order valence-electron chi connectivity index (χ0n) is 22.1. The van der Waals surface area contributed by atoms with Crippen LogP contribution < -0.4 is 4.74 Å². The van der Waals surface area contributed by atoms with Gasteiger partial charge in [0.15, 0.2) is 5.76 Å². The van der Waals surface area contributed by atoms with Gasteiger partial charge in [0.1, 0.15) is 23.9 Å². The van der Waals surface area contributed by atoms with E-state index in [-0.39, 0.29) is 29.9 Å². The number of hydrogen-bond acceptors (Lipinski definition) is 7. The number of carboxylic acids is 1. The van der Waals surface area contributed by atoms with E-state index in [0.717, 1.165) is 29.9 Å². The summed E-state index contributed by atoms with van der Waals surface area (Å²) in [5.74, 6) is 0.969. The lowest BCUT2D eigenvalue weighted by Crippen LogP contribution is -2.48. The normalized spacial score (nSPS) is 17.5. The number of aromatic nitrogens is 2. The molecule has 0 bridgehead atoms. The lowest BCUT2D eigenvalue weighted by Gasteiger charge is -2.34. The average molecular weight is 599 g/mol. The number of nitrogens with zero attached hydrogens (tertiary/aromatic N) is 4. The van der Waals surface area contributed by atoms with Gasteiger partial charge in [-0.1, -0.05) is 23.2 Å². The van der Waals surface area contributed by atoms with E-state index in [2.05, 4.69) is 9.47 Å². The molecule has 12 heteroatoms. The highest BCUT2D eigenvalue weighted by molar-refractivity contribution is 6.35. The highest BCUT2D eigenvalue weighted by Crippen LogP contribution is 2.29. The van der Waals surface area contributed by atoms with Crippen molar-refractivity contribution in [3.05, 3.63) is 81.5 Å². The largest absolute Gasteiger partial charge is 0.484 e. The second-order valence-corrected chi connectivity index (χ2v) is 11.0. The summed E-state index contributed by atoms with van der Waals surface area (Å²) in [7, 11) is 0. The van der Waals surface area contributed by atoms with Crippen molar-refractivity contribution in [2.75, 3.05) is 32.8 Å². The zero-order valence-corrected chi connectivity index (χ0v) is 23.6. The summed E-state index contributed by atoms with van der Waals surface area (Å²) in [6.45, 7) is 4.50. The van der Waals surface area contributed by atoms with Crippen molar-refractivity contribution in [3.63, 3.8) is 0 Å². The van der Waals surface area contributed by atoms with Gasteiger partial charge in [-0.3, -0.25) is 9.69 Å². The van der Waals surface area contributed by atoms with Crippen LogP contribution in [0.3, 0.4) is 0 Å². The first-order chi connectivity index (χ1) is 19.8. The molecule has 2 aliphatic rings. The van der Waals surface area contributed by atoms with Crippen LogP contribution in [0.25, 0.3) is 11.0 Å². The number of fused-ring (bicyclic) bond motifs is 1. The van der Waals surface area contributed by atoms with Crippen molar-refractivity contribution in [3.8, 4) is 5.75 Å².